The molecule has 1 saturated carbocycles. The average Bonchev–Trinajstić information content (AvgIpc) is 2.86. The lowest BCUT2D eigenvalue weighted by Gasteiger charge is -2.34. The summed E-state index contributed by atoms with van der Waals surface area (Å²) in [5.74, 6) is 1.94. The summed E-state index contributed by atoms with van der Waals surface area (Å²) in [5, 5.41) is 0. The highest BCUT2D eigenvalue weighted by Crippen LogP contribution is 2.28. The number of hydrogen-bond acceptors (Lipinski definition) is 5. The van der Waals surface area contributed by atoms with E-state index in [0.29, 0.717) is 19.5 Å². The van der Waals surface area contributed by atoms with Gasteiger partial charge >= 0.3 is 0 Å². The summed E-state index contributed by atoms with van der Waals surface area (Å²) in [4.78, 5) is 42.3. The number of fused-ring (bicyclic) bond motifs is 1. The van der Waals surface area contributed by atoms with Crippen molar-refractivity contribution in [2.45, 2.75) is 70.3 Å². The molecule has 5 rings (SSSR count). The van der Waals surface area contributed by atoms with Crippen molar-refractivity contribution in [3.8, 4) is 0 Å². The van der Waals surface area contributed by atoms with Gasteiger partial charge in [-0.3, -0.25) is 19.5 Å². The predicted molar refractivity (Wildman–Crippen MR) is 127 cm³/mol. The van der Waals surface area contributed by atoms with E-state index in [-0.39, 0.29) is 17.4 Å². The minimum Gasteiger partial charge on any atom is -0.342 e. The van der Waals surface area contributed by atoms with Crippen molar-refractivity contribution in [2.24, 2.45) is 5.92 Å². The number of H-pyrrole nitrogens is 1. The molecule has 176 valence electrons. The van der Waals surface area contributed by atoms with Gasteiger partial charge in [-0.2, -0.15) is 0 Å². The van der Waals surface area contributed by atoms with Crippen molar-refractivity contribution in [2.75, 3.05) is 26.2 Å². The molecule has 0 spiro atoms. The first kappa shape index (κ1) is 22.3. The van der Waals surface area contributed by atoms with Crippen molar-refractivity contribution >= 4 is 5.91 Å². The van der Waals surface area contributed by atoms with Crippen LogP contribution in [0.4, 0.5) is 0 Å². The second kappa shape index (κ2) is 10.2. The van der Waals surface area contributed by atoms with Gasteiger partial charge in [0.15, 0.2) is 0 Å². The zero-order valence-corrected chi connectivity index (χ0v) is 19.5. The van der Waals surface area contributed by atoms with E-state index in [1.165, 1.54) is 32.1 Å². The Kier molecular flexibility index (Phi) is 6.85. The number of rotatable bonds is 5. The number of likely N-dealkylation sites (tertiary alicyclic amines) is 1. The third kappa shape index (κ3) is 5.35. The Morgan fingerprint density at radius 3 is 2.64 bits per heavy atom. The van der Waals surface area contributed by atoms with Crippen LogP contribution in [0, 0.1) is 5.92 Å². The van der Waals surface area contributed by atoms with Gasteiger partial charge in [0.25, 0.3) is 5.56 Å². The smallest absolute Gasteiger partial charge is 0.255 e. The molecule has 2 aliphatic heterocycles. The van der Waals surface area contributed by atoms with Crippen LogP contribution in [-0.2, 0) is 24.2 Å². The van der Waals surface area contributed by atoms with Crippen LogP contribution in [0.25, 0.3) is 0 Å². The normalized spacial score (nSPS) is 20.5. The topological polar surface area (TPSA) is 82.2 Å². The Bertz CT molecular complexity index is 1010. The quantitative estimate of drug-likeness (QED) is 0.759. The largest absolute Gasteiger partial charge is 0.342 e. The van der Waals surface area contributed by atoms with Crippen LogP contribution in [0.5, 0.6) is 0 Å². The second-order valence-electron chi connectivity index (χ2n) is 10.0. The number of carbonyl (C=O) groups is 1. The van der Waals surface area contributed by atoms with Crippen molar-refractivity contribution in [1.29, 1.82) is 0 Å². The predicted octanol–water partition coefficient (Wildman–Crippen LogP) is 3.05. The van der Waals surface area contributed by atoms with Crippen molar-refractivity contribution in [3.05, 3.63) is 57.5 Å². The molecule has 0 aromatic carbocycles. The Balaban J connectivity index is 1.18. The lowest BCUT2D eigenvalue weighted by atomic mass is 9.88. The molecule has 33 heavy (non-hydrogen) atoms. The number of amides is 1. The SMILES string of the molecule is O=C(Cc1ccccn1)N1CCC(c2nc3c(c(=O)[nH]2)CN(CC2CCCCC2)CC3)CC1. The molecule has 0 radical (unpaired) electrons. The molecule has 7 heteroatoms. The highest BCUT2D eigenvalue weighted by Gasteiger charge is 2.28. The van der Waals surface area contributed by atoms with Crippen LogP contribution >= 0.6 is 0 Å². The second-order valence-corrected chi connectivity index (χ2v) is 10.0. The van der Waals surface area contributed by atoms with Gasteiger partial charge in [0.05, 0.1) is 17.7 Å². The molecule has 0 unspecified atom stereocenters. The fraction of sp³-hybridized carbons (Fsp3) is 0.615. The number of pyridine rings is 1. The van der Waals surface area contributed by atoms with Gasteiger partial charge in [0, 0.05) is 57.0 Å². The van der Waals surface area contributed by atoms with E-state index in [1.54, 1.807) is 6.20 Å². The van der Waals surface area contributed by atoms with Gasteiger partial charge in [-0.15, -0.1) is 0 Å². The third-order valence-electron chi connectivity index (χ3n) is 7.70. The van der Waals surface area contributed by atoms with Crippen LogP contribution in [-0.4, -0.2) is 56.8 Å². The molecule has 3 aliphatic rings. The number of nitrogens with one attached hydrogen (secondary N) is 1. The molecule has 2 aromatic heterocycles. The van der Waals surface area contributed by atoms with E-state index >= 15 is 0 Å². The molecular weight excluding hydrogens is 414 g/mol. The number of nitrogens with zero attached hydrogens (tertiary/aromatic N) is 4. The Labute approximate surface area is 195 Å². The number of aromatic nitrogens is 3. The van der Waals surface area contributed by atoms with E-state index in [2.05, 4.69) is 14.9 Å². The Morgan fingerprint density at radius 1 is 1.06 bits per heavy atom. The first-order valence-electron chi connectivity index (χ1n) is 12.7. The standard InChI is InChI=1S/C26H35N5O2/c32-24(16-21-8-4-5-12-27-21)31-14-9-20(10-15-31)25-28-23-11-13-30(18-22(23)26(33)29-25)17-19-6-2-1-3-7-19/h4-5,8,12,19-20H,1-3,6-7,9-11,13-18H2,(H,28,29,33). The maximum Gasteiger partial charge on any atom is 0.255 e. The maximum absolute atomic E-state index is 12.9. The summed E-state index contributed by atoms with van der Waals surface area (Å²) in [7, 11) is 0. The van der Waals surface area contributed by atoms with Gasteiger partial charge < -0.3 is 9.88 Å². The fourth-order valence-electron chi connectivity index (χ4n) is 5.76. The molecule has 1 saturated heterocycles. The molecule has 2 fully saturated rings. The lowest BCUT2D eigenvalue weighted by Crippen LogP contribution is -2.41. The minimum atomic E-state index is 0.0389. The van der Waals surface area contributed by atoms with Crippen LogP contribution in [0.1, 0.15) is 73.6 Å². The average molecular weight is 450 g/mol. The van der Waals surface area contributed by atoms with E-state index in [9.17, 15) is 9.59 Å². The van der Waals surface area contributed by atoms with Crippen molar-refractivity contribution in [3.63, 3.8) is 0 Å². The molecule has 1 amide bonds. The number of piperidine rings is 1. The molecule has 7 nitrogen and oxygen atoms in total. The van der Waals surface area contributed by atoms with Crippen LogP contribution in [0.3, 0.4) is 0 Å². The number of aromatic amines is 1. The molecule has 0 bridgehead atoms. The number of hydrogen-bond donors (Lipinski definition) is 1. The molecule has 1 N–H and O–H groups in total. The van der Waals surface area contributed by atoms with E-state index in [4.69, 9.17) is 4.98 Å². The minimum absolute atomic E-state index is 0.0389. The Hall–Kier alpha value is -2.54. The Morgan fingerprint density at radius 2 is 1.88 bits per heavy atom. The van der Waals surface area contributed by atoms with E-state index < -0.39 is 0 Å². The molecular formula is C26H35N5O2. The van der Waals surface area contributed by atoms with Gasteiger partial charge in [0.2, 0.25) is 5.91 Å². The summed E-state index contributed by atoms with van der Waals surface area (Å²) in [5.41, 5.74) is 2.70. The van der Waals surface area contributed by atoms with Crippen molar-refractivity contribution in [1.82, 2.24) is 24.8 Å². The van der Waals surface area contributed by atoms with Gasteiger partial charge in [-0.25, -0.2) is 4.98 Å². The van der Waals surface area contributed by atoms with Crippen molar-refractivity contribution < 1.29 is 4.79 Å². The molecule has 1 aliphatic carbocycles. The summed E-state index contributed by atoms with van der Waals surface area (Å²) >= 11 is 0. The zero-order valence-electron chi connectivity index (χ0n) is 19.5. The van der Waals surface area contributed by atoms with Gasteiger partial charge in [-0.1, -0.05) is 25.3 Å². The van der Waals surface area contributed by atoms with Crippen LogP contribution < -0.4 is 5.56 Å². The highest BCUT2D eigenvalue weighted by atomic mass is 16.2. The fourth-order valence-corrected chi connectivity index (χ4v) is 5.76. The lowest BCUT2D eigenvalue weighted by molar-refractivity contribution is -0.131. The first-order valence-corrected chi connectivity index (χ1v) is 12.7. The van der Waals surface area contributed by atoms with E-state index in [1.807, 2.05) is 23.1 Å². The molecule has 4 heterocycles. The molecule has 0 atom stereocenters. The van der Waals surface area contributed by atoms with Crippen LogP contribution in [0.15, 0.2) is 29.2 Å². The summed E-state index contributed by atoms with van der Waals surface area (Å²) in [6.07, 6.45) is 11.4. The number of carbonyl (C=O) groups excluding carboxylic acids is 1. The summed E-state index contributed by atoms with van der Waals surface area (Å²) in [6, 6.07) is 5.66. The van der Waals surface area contributed by atoms with E-state index in [0.717, 1.165) is 67.6 Å². The van der Waals surface area contributed by atoms with Gasteiger partial charge in [-0.05, 0) is 43.7 Å². The summed E-state index contributed by atoms with van der Waals surface area (Å²) in [6.45, 7) is 4.25. The third-order valence-corrected chi connectivity index (χ3v) is 7.70. The summed E-state index contributed by atoms with van der Waals surface area (Å²) < 4.78 is 0. The monoisotopic (exact) mass is 449 g/mol. The zero-order chi connectivity index (χ0) is 22.6. The van der Waals surface area contributed by atoms with Gasteiger partial charge in [0.1, 0.15) is 5.82 Å². The highest BCUT2D eigenvalue weighted by molar-refractivity contribution is 5.78. The maximum atomic E-state index is 12.9. The first-order chi connectivity index (χ1) is 16.2. The van der Waals surface area contributed by atoms with Crippen LogP contribution in [0.2, 0.25) is 0 Å². The molecule has 2 aromatic rings.